The number of sulfonamides is 1. The van der Waals surface area contributed by atoms with Gasteiger partial charge in [0.15, 0.2) is 0 Å². The molecule has 1 aromatic heterocycles. The van der Waals surface area contributed by atoms with Crippen LogP contribution in [0.1, 0.15) is 41.0 Å². The number of aliphatic hydroxyl groups excluding tert-OH is 1. The molecule has 0 aliphatic carbocycles. The molecule has 1 aromatic rings. The Hall–Kier alpha value is -0.430. The van der Waals surface area contributed by atoms with Gasteiger partial charge in [0.25, 0.3) is 0 Å². The van der Waals surface area contributed by atoms with Crippen LogP contribution in [0.15, 0.2) is 21.7 Å². The zero-order valence-corrected chi connectivity index (χ0v) is 14.4. The van der Waals surface area contributed by atoms with E-state index in [1.807, 2.05) is 34.6 Å². The Bertz CT molecular complexity index is 503. The van der Waals surface area contributed by atoms with Crippen molar-refractivity contribution in [2.45, 2.75) is 57.4 Å². The predicted molar refractivity (Wildman–Crippen MR) is 83.3 cm³/mol. The second-order valence-corrected chi connectivity index (χ2v) is 9.16. The third-order valence-corrected chi connectivity index (χ3v) is 6.39. The fraction of sp³-hybridized carbons (Fsp3) is 0.714. The highest BCUT2D eigenvalue weighted by Gasteiger charge is 2.36. The minimum absolute atomic E-state index is 0.0546. The van der Waals surface area contributed by atoms with Crippen LogP contribution >= 0.6 is 11.3 Å². The molecular weight excluding hydrogens is 294 g/mol. The van der Waals surface area contributed by atoms with E-state index in [0.717, 1.165) is 6.42 Å². The predicted octanol–water partition coefficient (Wildman–Crippen LogP) is 2.85. The van der Waals surface area contributed by atoms with Crippen molar-refractivity contribution in [3.63, 3.8) is 0 Å². The Balaban J connectivity index is 3.03. The zero-order chi connectivity index (χ0) is 15.6. The Labute approximate surface area is 126 Å². The van der Waals surface area contributed by atoms with Crippen molar-refractivity contribution in [2.75, 3.05) is 0 Å². The maximum Gasteiger partial charge on any atom is 0.250 e. The van der Waals surface area contributed by atoms with Crippen molar-refractivity contribution in [3.8, 4) is 0 Å². The van der Waals surface area contributed by atoms with Crippen molar-refractivity contribution in [1.82, 2.24) is 4.72 Å². The molecule has 0 aliphatic rings. The van der Waals surface area contributed by atoms with Gasteiger partial charge in [-0.2, -0.15) is 0 Å². The Morgan fingerprint density at radius 3 is 2.40 bits per heavy atom. The summed E-state index contributed by atoms with van der Waals surface area (Å²) >= 11 is 1.18. The topological polar surface area (TPSA) is 66.4 Å². The van der Waals surface area contributed by atoms with Crippen LogP contribution in [0.2, 0.25) is 0 Å². The van der Waals surface area contributed by atoms with Crippen molar-refractivity contribution in [1.29, 1.82) is 0 Å². The van der Waals surface area contributed by atoms with Gasteiger partial charge in [-0.05, 0) is 22.8 Å². The van der Waals surface area contributed by atoms with Crippen LogP contribution in [0.4, 0.5) is 0 Å². The van der Waals surface area contributed by atoms with E-state index in [1.54, 1.807) is 17.5 Å². The summed E-state index contributed by atoms with van der Waals surface area (Å²) < 4.78 is 27.7. The number of hydrogen-bond acceptors (Lipinski definition) is 4. The number of rotatable bonds is 6. The molecule has 6 heteroatoms. The molecule has 2 N–H and O–H groups in total. The number of hydrogen-bond donors (Lipinski definition) is 2. The zero-order valence-electron chi connectivity index (χ0n) is 12.8. The normalized spacial score (nSPS) is 17.7. The maximum absolute atomic E-state index is 12.3. The molecule has 0 aromatic carbocycles. The van der Waals surface area contributed by atoms with Crippen LogP contribution in [0, 0.1) is 11.3 Å². The van der Waals surface area contributed by atoms with E-state index in [4.69, 9.17) is 0 Å². The lowest BCUT2D eigenvalue weighted by Gasteiger charge is -2.36. The number of nitrogens with one attached hydrogen (secondary N) is 1. The molecule has 0 saturated carbocycles. The van der Waals surface area contributed by atoms with Crippen LogP contribution in [0.5, 0.6) is 0 Å². The first-order chi connectivity index (χ1) is 9.09. The minimum Gasteiger partial charge on any atom is -0.391 e. The lowest BCUT2D eigenvalue weighted by Crippen LogP contribution is -2.51. The lowest BCUT2D eigenvalue weighted by atomic mass is 9.80. The highest BCUT2D eigenvalue weighted by atomic mass is 32.2. The largest absolute Gasteiger partial charge is 0.391 e. The molecule has 0 spiro atoms. The van der Waals surface area contributed by atoms with Gasteiger partial charge in [-0.15, -0.1) is 11.3 Å². The molecule has 0 bridgehead atoms. The van der Waals surface area contributed by atoms with Crippen molar-refractivity contribution >= 4 is 21.4 Å². The molecule has 0 fully saturated rings. The van der Waals surface area contributed by atoms with Crippen LogP contribution in [0.25, 0.3) is 0 Å². The van der Waals surface area contributed by atoms with Gasteiger partial charge in [0.1, 0.15) is 4.21 Å². The maximum atomic E-state index is 12.3. The van der Waals surface area contributed by atoms with Gasteiger partial charge in [0.2, 0.25) is 10.0 Å². The van der Waals surface area contributed by atoms with Gasteiger partial charge >= 0.3 is 0 Å². The summed E-state index contributed by atoms with van der Waals surface area (Å²) in [4.78, 5) is 0. The summed E-state index contributed by atoms with van der Waals surface area (Å²) in [7, 11) is -3.57. The van der Waals surface area contributed by atoms with E-state index in [-0.39, 0.29) is 15.5 Å². The molecular formula is C14H25NO3S2. The summed E-state index contributed by atoms with van der Waals surface area (Å²) in [6, 6.07) is 2.79. The molecule has 0 amide bonds. The average Bonchev–Trinajstić information content (AvgIpc) is 2.87. The molecule has 1 rings (SSSR count). The van der Waals surface area contributed by atoms with Gasteiger partial charge in [0, 0.05) is 0 Å². The molecule has 0 radical (unpaired) electrons. The molecule has 3 atom stereocenters. The smallest absolute Gasteiger partial charge is 0.250 e. The summed E-state index contributed by atoms with van der Waals surface area (Å²) in [5.41, 5.74) is -0.383. The van der Waals surface area contributed by atoms with Crippen LogP contribution < -0.4 is 4.72 Å². The minimum atomic E-state index is -3.57. The quantitative estimate of drug-likeness (QED) is 0.847. The summed E-state index contributed by atoms with van der Waals surface area (Å²) in [6.45, 7) is 9.68. The summed E-state index contributed by atoms with van der Waals surface area (Å²) in [5, 5.41) is 12.2. The van der Waals surface area contributed by atoms with Gasteiger partial charge in [-0.3, -0.25) is 0 Å². The molecule has 1 heterocycles. The first kappa shape index (κ1) is 17.6. The number of aliphatic hydroxyl groups is 1. The SMILES string of the molecule is CC[C@H](C)C(NS(=O)(=O)c1cccs1)[C@@H](O)C(C)(C)C. The Morgan fingerprint density at radius 2 is 2.00 bits per heavy atom. The molecule has 0 aliphatic heterocycles. The van der Waals surface area contributed by atoms with Gasteiger partial charge in [-0.1, -0.05) is 47.1 Å². The van der Waals surface area contributed by atoms with Crippen LogP contribution in [-0.2, 0) is 10.0 Å². The second-order valence-electron chi connectivity index (χ2n) is 6.28. The summed E-state index contributed by atoms with van der Waals surface area (Å²) in [6.07, 6.45) is 0.0531. The highest BCUT2D eigenvalue weighted by molar-refractivity contribution is 7.91. The van der Waals surface area contributed by atoms with E-state index in [1.165, 1.54) is 11.3 Å². The van der Waals surface area contributed by atoms with E-state index in [2.05, 4.69) is 4.72 Å². The Kier molecular flexibility index (Phi) is 5.78. The Morgan fingerprint density at radius 1 is 1.40 bits per heavy atom. The molecule has 4 nitrogen and oxygen atoms in total. The number of thiophene rings is 1. The van der Waals surface area contributed by atoms with E-state index in [0.29, 0.717) is 0 Å². The second kappa shape index (κ2) is 6.56. The van der Waals surface area contributed by atoms with Crippen LogP contribution in [0.3, 0.4) is 0 Å². The van der Waals surface area contributed by atoms with Gasteiger partial charge in [-0.25, -0.2) is 13.1 Å². The van der Waals surface area contributed by atoms with Crippen molar-refractivity contribution in [2.24, 2.45) is 11.3 Å². The molecule has 0 saturated heterocycles. The third kappa shape index (κ3) is 4.28. The highest BCUT2D eigenvalue weighted by Crippen LogP contribution is 2.28. The fourth-order valence-electron chi connectivity index (χ4n) is 1.94. The standard InChI is InChI=1S/C14H25NO3S2/c1-6-10(2)12(13(16)14(3,4)5)15-20(17,18)11-8-7-9-19-11/h7-10,12-13,15-16H,6H2,1-5H3/t10-,12?,13+/m0/s1. The first-order valence-electron chi connectivity index (χ1n) is 6.83. The van der Waals surface area contributed by atoms with Crippen LogP contribution in [-0.4, -0.2) is 25.7 Å². The molecule has 116 valence electrons. The first-order valence-corrected chi connectivity index (χ1v) is 9.19. The third-order valence-electron chi connectivity index (χ3n) is 3.54. The van der Waals surface area contributed by atoms with Gasteiger partial charge < -0.3 is 5.11 Å². The summed E-state index contributed by atoms with van der Waals surface area (Å²) in [5.74, 6) is 0.0546. The van der Waals surface area contributed by atoms with E-state index >= 15 is 0 Å². The van der Waals surface area contributed by atoms with Crippen molar-refractivity contribution < 1.29 is 13.5 Å². The van der Waals surface area contributed by atoms with E-state index < -0.39 is 22.2 Å². The lowest BCUT2D eigenvalue weighted by molar-refractivity contribution is 0.0191. The van der Waals surface area contributed by atoms with E-state index in [9.17, 15) is 13.5 Å². The molecule has 1 unspecified atom stereocenters. The molecule has 20 heavy (non-hydrogen) atoms. The fourth-order valence-corrected chi connectivity index (χ4v) is 4.30. The monoisotopic (exact) mass is 319 g/mol. The van der Waals surface area contributed by atoms with Gasteiger partial charge in [0.05, 0.1) is 12.1 Å². The van der Waals surface area contributed by atoms with Crippen molar-refractivity contribution in [3.05, 3.63) is 17.5 Å². The average molecular weight is 319 g/mol.